The number of aromatic amines is 1. The van der Waals surface area contributed by atoms with Crippen LogP contribution in [-0.2, 0) is 16.0 Å². The number of aryl methyl sites for hydroxylation is 1. The highest BCUT2D eigenvalue weighted by Crippen LogP contribution is 2.26. The van der Waals surface area contributed by atoms with E-state index in [4.69, 9.17) is 4.74 Å². The van der Waals surface area contributed by atoms with Crippen LogP contribution >= 0.6 is 11.3 Å². The van der Waals surface area contributed by atoms with Crippen LogP contribution in [0.15, 0.2) is 23.7 Å². The quantitative estimate of drug-likeness (QED) is 0.940. The van der Waals surface area contributed by atoms with Gasteiger partial charge in [-0.3, -0.25) is 9.89 Å². The van der Waals surface area contributed by atoms with Gasteiger partial charge in [-0.15, -0.1) is 11.3 Å². The predicted molar refractivity (Wildman–Crippen MR) is 76.6 cm³/mol. The van der Waals surface area contributed by atoms with Crippen LogP contribution in [0.4, 0.5) is 0 Å². The third-order valence-corrected chi connectivity index (χ3v) is 4.43. The molecule has 3 rings (SSSR count). The number of H-pyrrole nitrogens is 1. The number of nitrogens with zero attached hydrogens (tertiary/aromatic N) is 2. The topological polar surface area (TPSA) is 58.2 Å². The molecule has 0 aliphatic carbocycles. The number of rotatable bonds is 3. The van der Waals surface area contributed by atoms with Crippen molar-refractivity contribution in [2.24, 2.45) is 0 Å². The Kier molecular flexibility index (Phi) is 3.84. The van der Waals surface area contributed by atoms with Crippen LogP contribution in [0.5, 0.6) is 0 Å². The Bertz CT molecular complexity index is 579. The predicted octanol–water partition coefficient (Wildman–Crippen LogP) is 1.92. The number of hydrogen-bond acceptors (Lipinski definition) is 4. The second-order valence-corrected chi connectivity index (χ2v) is 5.93. The summed E-state index contributed by atoms with van der Waals surface area (Å²) in [5.41, 5.74) is 2.04. The van der Waals surface area contributed by atoms with Gasteiger partial charge in [-0.25, -0.2) is 0 Å². The van der Waals surface area contributed by atoms with Gasteiger partial charge in [0.1, 0.15) is 0 Å². The van der Waals surface area contributed by atoms with E-state index in [0.717, 1.165) is 16.1 Å². The van der Waals surface area contributed by atoms with Gasteiger partial charge in [-0.2, -0.15) is 5.10 Å². The van der Waals surface area contributed by atoms with E-state index in [2.05, 4.69) is 10.2 Å². The van der Waals surface area contributed by atoms with Crippen molar-refractivity contribution in [3.05, 3.63) is 39.8 Å². The molecule has 1 N–H and O–H groups in total. The van der Waals surface area contributed by atoms with Gasteiger partial charge in [0, 0.05) is 11.4 Å². The van der Waals surface area contributed by atoms with Gasteiger partial charge in [-0.1, -0.05) is 6.07 Å². The number of carbonyl (C=O) groups is 1. The van der Waals surface area contributed by atoms with Crippen LogP contribution in [0.3, 0.4) is 0 Å². The maximum Gasteiger partial charge on any atom is 0.228 e. The summed E-state index contributed by atoms with van der Waals surface area (Å²) in [5.74, 6) is 0.148. The van der Waals surface area contributed by atoms with Gasteiger partial charge in [0.05, 0.1) is 37.6 Å². The molecule has 0 unspecified atom stereocenters. The molecule has 1 aliphatic rings. The molecule has 5 nitrogen and oxygen atoms in total. The van der Waals surface area contributed by atoms with Crippen LogP contribution in [0.2, 0.25) is 0 Å². The minimum atomic E-state index is -0.0567. The van der Waals surface area contributed by atoms with Gasteiger partial charge >= 0.3 is 0 Å². The Morgan fingerprint density at radius 2 is 2.55 bits per heavy atom. The van der Waals surface area contributed by atoms with Crippen molar-refractivity contribution in [3.63, 3.8) is 0 Å². The van der Waals surface area contributed by atoms with Gasteiger partial charge in [0.25, 0.3) is 0 Å². The number of morpholine rings is 1. The number of carbonyl (C=O) groups excluding carboxylic acids is 1. The molecule has 1 aliphatic heterocycles. The molecule has 0 saturated carbocycles. The van der Waals surface area contributed by atoms with Gasteiger partial charge < -0.3 is 9.64 Å². The van der Waals surface area contributed by atoms with Crippen LogP contribution in [0, 0.1) is 6.92 Å². The molecule has 3 heterocycles. The Morgan fingerprint density at radius 1 is 1.65 bits per heavy atom. The lowest BCUT2D eigenvalue weighted by Crippen LogP contribution is -2.44. The first-order valence-corrected chi connectivity index (χ1v) is 7.53. The Labute approximate surface area is 121 Å². The second kappa shape index (κ2) is 5.76. The zero-order valence-electron chi connectivity index (χ0n) is 11.3. The van der Waals surface area contributed by atoms with E-state index in [0.29, 0.717) is 26.2 Å². The third kappa shape index (κ3) is 2.62. The van der Waals surface area contributed by atoms with Crippen molar-refractivity contribution in [1.82, 2.24) is 15.1 Å². The monoisotopic (exact) mass is 291 g/mol. The number of thiophene rings is 1. The standard InChI is InChI=1S/C14H17N3O2S/c1-10-8-15-16-14(10)12-9-19-5-4-17(12)13(18)7-11-3-2-6-20-11/h2-3,6,8,12H,4-5,7,9H2,1H3,(H,15,16)/t12-/m0/s1. The molecule has 0 radical (unpaired) electrons. The molecule has 1 atom stereocenters. The number of hydrogen-bond donors (Lipinski definition) is 1. The molecule has 0 spiro atoms. The average molecular weight is 291 g/mol. The summed E-state index contributed by atoms with van der Waals surface area (Å²) < 4.78 is 5.54. The molecule has 1 fully saturated rings. The molecule has 2 aromatic heterocycles. The molecule has 106 valence electrons. The Hall–Kier alpha value is -1.66. The van der Waals surface area contributed by atoms with Crippen molar-refractivity contribution in [3.8, 4) is 0 Å². The van der Waals surface area contributed by atoms with Crippen molar-refractivity contribution >= 4 is 17.2 Å². The summed E-state index contributed by atoms with van der Waals surface area (Å²) in [6.07, 6.45) is 2.24. The molecule has 0 aromatic carbocycles. The lowest BCUT2D eigenvalue weighted by molar-refractivity contribution is -0.139. The van der Waals surface area contributed by atoms with E-state index < -0.39 is 0 Å². The van der Waals surface area contributed by atoms with E-state index in [1.807, 2.05) is 29.3 Å². The minimum absolute atomic E-state index is 0.0567. The van der Waals surface area contributed by atoms with E-state index in [-0.39, 0.29) is 11.9 Å². The number of amides is 1. The van der Waals surface area contributed by atoms with E-state index in [9.17, 15) is 4.79 Å². The largest absolute Gasteiger partial charge is 0.377 e. The summed E-state index contributed by atoms with van der Waals surface area (Å²) >= 11 is 1.62. The molecule has 1 amide bonds. The number of ether oxygens (including phenoxy) is 1. The van der Waals surface area contributed by atoms with Crippen molar-refractivity contribution < 1.29 is 9.53 Å². The lowest BCUT2D eigenvalue weighted by Gasteiger charge is -2.35. The maximum atomic E-state index is 12.5. The van der Waals surface area contributed by atoms with E-state index >= 15 is 0 Å². The van der Waals surface area contributed by atoms with Crippen LogP contribution in [0.1, 0.15) is 22.2 Å². The highest BCUT2D eigenvalue weighted by molar-refractivity contribution is 7.10. The van der Waals surface area contributed by atoms with Crippen LogP contribution < -0.4 is 0 Å². The van der Waals surface area contributed by atoms with Crippen molar-refractivity contribution in [2.45, 2.75) is 19.4 Å². The van der Waals surface area contributed by atoms with Gasteiger partial charge in [0.2, 0.25) is 5.91 Å². The van der Waals surface area contributed by atoms with Crippen LogP contribution in [-0.4, -0.2) is 40.8 Å². The summed E-state index contributed by atoms with van der Waals surface area (Å²) in [6, 6.07) is 3.92. The first kappa shape index (κ1) is 13.3. The van der Waals surface area contributed by atoms with Crippen molar-refractivity contribution in [2.75, 3.05) is 19.8 Å². The fourth-order valence-corrected chi connectivity index (χ4v) is 3.19. The molecular weight excluding hydrogens is 274 g/mol. The number of aromatic nitrogens is 2. The second-order valence-electron chi connectivity index (χ2n) is 4.90. The summed E-state index contributed by atoms with van der Waals surface area (Å²) in [7, 11) is 0. The van der Waals surface area contributed by atoms with Crippen LogP contribution in [0.25, 0.3) is 0 Å². The minimum Gasteiger partial charge on any atom is -0.377 e. The average Bonchev–Trinajstić information content (AvgIpc) is 3.10. The molecule has 6 heteroatoms. The lowest BCUT2D eigenvalue weighted by atomic mass is 10.1. The summed E-state index contributed by atoms with van der Waals surface area (Å²) in [4.78, 5) is 15.5. The Balaban J connectivity index is 1.78. The van der Waals surface area contributed by atoms with E-state index in [1.165, 1.54) is 0 Å². The fraction of sp³-hybridized carbons (Fsp3) is 0.429. The summed E-state index contributed by atoms with van der Waals surface area (Å²) in [5, 5.41) is 9.05. The molecular formula is C14H17N3O2S. The normalized spacial score (nSPS) is 19.2. The highest BCUT2D eigenvalue weighted by Gasteiger charge is 2.30. The van der Waals surface area contributed by atoms with E-state index in [1.54, 1.807) is 17.5 Å². The molecule has 20 heavy (non-hydrogen) atoms. The highest BCUT2D eigenvalue weighted by atomic mass is 32.1. The number of nitrogens with one attached hydrogen (secondary N) is 1. The zero-order chi connectivity index (χ0) is 13.9. The first-order valence-electron chi connectivity index (χ1n) is 6.65. The van der Waals surface area contributed by atoms with Gasteiger partial charge in [-0.05, 0) is 23.9 Å². The summed E-state index contributed by atoms with van der Waals surface area (Å²) in [6.45, 7) is 3.75. The van der Waals surface area contributed by atoms with Gasteiger partial charge in [0.15, 0.2) is 0 Å². The Morgan fingerprint density at radius 3 is 3.25 bits per heavy atom. The molecule has 2 aromatic rings. The zero-order valence-corrected chi connectivity index (χ0v) is 12.2. The SMILES string of the molecule is Cc1cn[nH]c1[C@@H]1COCCN1C(=O)Cc1cccs1. The van der Waals surface area contributed by atoms with Crippen molar-refractivity contribution in [1.29, 1.82) is 0 Å². The molecule has 1 saturated heterocycles. The maximum absolute atomic E-state index is 12.5. The third-order valence-electron chi connectivity index (χ3n) is 3.56. The fourth-order valence-electron chi connectivity index (χ4n) is 2.50. The molecule has 0 bridgehead atoms. The smallest absolute Gasteiger partial charge is 0.228 e. The first-order chi connectivity index (χ1) is 9.75.